The van der Waals surface area contributed by atoms with E-state index in [2.05, 4.69) is 22.6 Å². The van der Waals surface area contributed by atoms with E-state index >= 15 is 0 Å². The van der Waals surface area contributed by atoms with Crippen LogP contribution >= 0.6 is 11.3 Å². The molecule has 1 N–H and O–H groups in total. The molecule has 0 fully saturated rings. The van der Waals surface area contributed by atoms with Crippen molar-refractivity contribution in [1.82, 2.24) is 10.3 Å². The molecule has 1 atom stereocenters. The molecule has 0 amide bonds. The van der Waals surface area contributed by atoms with E-state index in [0.717, 1.165) is 23.7 Å². The van der Waals surface area contributed by atoms with Crippen molar-refractivity contribution in [2.45, 2.75) is 26.3 Å². The Bertz CT molecular complexity index is 422. The quantitative estimate of drug-likeness (QED) is 0.867. The Morgan fingerprint density at radius 2 is 2.44 bits per heavy atom. The molecule has 3 nitrogen and oxygen atoms in total. The summed E-state index contributed by atoms with van der Waals surface area (Å²) in [5.74, 6) is 0. The number of rotatable bonds is 5. The van der Waals surface area contributed by atoms with Crippen LogP contribution in [0.4, 0.5) is 0 Å². The van der Waals surface area contributed by atoms with Gasteiger partial charge in [-0.15, -0.1) is 11.3 Å². The van der Waals surface area contributed by atoms with Gasteiger partial charge in [0.1, 0.15) is 0 Å². The number of likely N-dealkylation sites (N-methyl/N-ethyl adjacent to an activating group) is 1. The standard InChI is InChI=1S/C12H16N2OS/c1-3-13-11(6-10-4-5-15-7-10)12-8-16-9(2)14-12/h4-5,7-8,11,13H,3,6H2,1-2H3. The molecule has 1 unspecified atom stereocenters. The third-order valence-corrected chi connectivity index (χ3v) is 3.26. The number of aromatic nitrogens is 1. The van der Waals surface area contributed by atoms with Gasteiger partial charge in [-0.25, -0.2) is 4.98 Å². The summed E-state index contributed by atoms with van der Waals surface area (Å²) >= 11 is 1.70. The van der Waals surface area contributed by atoms with Gasteiger partial charge in [0, 0.05) is 5.38 Å². The van der Waals surface area contributed by atoms with E-state index < -0.39 is 0 Å². The van der Waals surface area contributed by atoms with Crippen molar-refractivity contribution in [2.75, 3.05) is 6.54 Å². The lowest BCUT2D eigenvalue weighted by Crippen LogP contribution is -2.23. The number of thiazole rings is 1. The fourth-order valence-electron chi connectivity index (χ4n) is 1.71. The summed E-state index contributed by atoms with van der Waals surface area (Å²) in [5, 5.41) is 6.70. The van der Waals surface area contributed by atoms with E-state index in [4.69, 9.17) is 4.42 Å². The largest absolute Gasteiger partial charge is 0.472 e. The predicted molar refractivity (Wildman–Crippen MR) is 65.7 cm³/mol. The molecule has 0 saturated heterocycles. The van der Waals surface area contributed by atoms with Gasteiger partial charge in [-0.05, 0) is 31.5 Å². The minimum Gasteiger partial charge on any atom is -0.472 e. The molecule has 4 heteroatoms. The highest BCUT2D eigenvalue weighted by Gasteiger charge is 2.14. The topological polar surface area (TPSA) is 38.1 Å². The second-order valence-electron chi connectivity index (χ2n) is 3.74. The summed E-state index contributed by atoms with van der Waals surface area (Å²) in [5.41, 5.74) is 2.34. The van der Waals surface area contributed by atoms with Crippen LogP contribution in [0.2, 0.25) is 0 Å². The van der Waals surface area contributed by atoms with E-state index in [1.54, 1.807) is 23.9 Å². The molecule has 2 aromatic rings. The molecule has 0 saturated carbocycles. The van der Waals surface area contributed by atoms with E-state index in [9.17, 15) is 0 Å². The van der Waals surface area contributed by atoms with E-state index in [-0.39, 0.29) is 6.04 Å². The maximum Gasteiger partial charge on any atom is 0.0935 e. The van der Waals surface area contributed by atoms with Gasteiger partial charge in [-0.1, -0.05) is 6.92 Å². The van der Waals surface area contributed by atoms with E-state index in [1.165, 1.54) is 5.56 Å². The number of furan rings is 1. The Morgan fingerprint density at radius 1 is 1.56 bits per heavy atom. The average Bonchev–Trinajstić information content (AvgIpc) is 2.88. The fourth-order valence-corrected chi connectivity index (χ4v) is 2.38. The average molecular weight is 236 g/mol. The van der Waals surface area contributed by atoms with Crippen molar-refractivity contribution < 1.29 is 4.42 Å². The molecule has 16 heavy (non-hydrogen) atoms. The van der Waals surface area contributed by atoms with Gasteiger partial charge in [-0.2, -0.15) is 0 Å². The summed E-state index contributed by atoms with van der Waals surface area (Å²) in [6.45, 7) is 5.09. The first kappa shape index (κ1) is 11.4. The van der Waals surface area contributed by atoms with Crippen molar-refractivity contribution in [1.29, 1.82) is 0 Å². The zero-order chi connectivity index (χ0) is 11.4. The first-order chi connectivity index (χ1) is 7.79. The molecular weight excluding hydrogens is 220 g/mol. The summed E-state index contributed by atoms with van der Waals surface area (Å²) in [4.78, 5) is 4.54. The summed E-state index contributed by atoms with van der Waals surface area (Å²) < 4.78 is 5.09. The van der Waals surface area contributed by atoms with Crippen molar-refractivity contribution in [3.8, 4) is 0 Å². The molecule has 2 heterocycles. The number of nitrogens with one attached hydrogen (secondary N) is 1. The third-order valence-electron chi connectivity index (χ3n) is 2.46. The van der Waals surface area contributed by atoms with Crippen LogP contribution in [-0.4, -0.2) is 11.5 Å². The van der Waals surface area contributed by atoms with Crippen LogP contribution in [0.5, 0.6) is 0 Å². The molecule has 2 aromatic heterocycles. The van der Waals surface area contributed by atoms with Gasteiger partial charge in [0.05, 0.1) is 29.3 Å². The minimum atomic E-state index is 0.285. The molecule has 0 spiro atoms. The van der Waals surface area contributed by atoms with Crippen molar-refractivity contribution in [2.24, 2.45) is 0 Å². The first-order valence-corrected chi connectivity index (χ1v) is 6.34. The first-order valence-electron chi connectivity index (χ1n) is 5.46. The van der Waals surface area contributed by atoms with Gasteiger partial charge in [-0.3, -0.25) is 0 Å². The minimum absolute atomic E-state index is 0.285. The maximum atomic E-state index is 5.09. The highest BCUT2D eigenvalue weighted by molar-refractivity contribution is 7.09. The number of hydrogen-bond donors (Lipinski definition) is 1. The monoisotopic (exact) mass is 236 g/mol. The van der Waals surface area contributed by atoms with Gasteiger partial charge < -0.3 is 9.73 Å². The lowest BCUT2D eigenvalue weighted by atomic mass is 10.1. The third kappa shape index (κ3) is 2.71. The van der Waals surface area contributed by atoms with E-state index in [0.29, 0.717) is 0 Å². The molecule has 2 rings (SSSR count). The summed E-state index contributed by atoms with van der Waals surface area (Å²) in [6.07, 6.45) is 4.43. The Hall–Kier alpha value is -1.13. The highest BCUT2D eigenvalue weighted by atomic mass is 32.1. The van der Waals surface area contributed by atoms with Crippen LogP contribution in [0.15, 0.2) is 28.4 Å². The summed E-state index contributed by atoms with van der Waals surface area (Å²) in [7, 11) is 0. The van der Waals surface area contributed by atoms with Crippen LogP contribution in [-0.2, 0) is 6.42 Å². The van der Waals surface area contributed by atoms with Crippen LogP contribution in [0, 0.1) is 6.92 Å². The lowest BCUT2D eigenvalue weighted by molar-refractivity contribution is 0.527. The lowest BCUT2D eigenvalue weighted by Gasteiger charge is -2.14. The molecule has 0 radical (unpaired) electrons. The predicted octanol–water partition coefficient (Wildman–Crippen LogP) is 2.94. The van der Waals surface area contributed by atoms with Crippen LogP contribution in [0.1, 0.15) is 29.2 Å². The van der Waals surface area contributed by atoms with Gasteiger partial charge in [0.2, 0.25) is 0 Å². The number of hydrogen-bond acceptors (Lipinski definition) is 4. The molecule has 86 valence electrons. The van der Waals surface area contributed by atoms with Gasteiger partial charge in [0.25, 0.3) is 0 Å². The molecule has 0 aliphatic carbocycles. The van der Waals surface area contributed by atoms with Crippen molar-refractivity contribution in [3.63, 3.8) is 0 Å². The number of aryl methyl sites for hydroxylation is 1. The molecular formula is C12H16N2OS. The normalized spacial score (nSPS) is 12.9. The molecule has 0 aliphatic rings. The van der Waals surface area contributed by atoms with Crippen LogP contribution in [0.3, 0.4) is 0 Å². The molecule has 0 aromatic carbocycles. The Morgan fingerprint density at radius 3 is 3.00 bits per heavy atom. The second kappa shape index (κ2) is 5.27. The molecule has 0 bridgehead atoms. The smallest absolute Gasteiger partial charge is 0.0935 e. The van der Waals surface area contributed by atoms with Gasteiger partial charge >= 0.3 is 0 Å². The second-order valence-corrected chi connectivity index (χ2v) is 4.80. The zero-order valence-corrected chi connectivity index (χ0v) is 10.4. The molecule has 0 aliphatic heterocycles. The van der Waals surface area contributed by atoms with Gasteiger partial charge in [0.15, 0.2) is 0 Å². The summed E-state index contributed by atoms with van der Waals surface area (Å²) in [6, 6.07) is 2.29. The highest BCUT2D eigenvalue weighted by Crippen LogP contribution is 2.20. The Labute approximate surface area is 99.5 Å². The maximum absolute atomic E-state index is 5.09. The SMILES string of the molecule is CCNC(Cc1ccoc1)c1csc(C)n1. The Balaban J connectivity index is 2.11. The zero-order valence-electron chi connectivity index (χ0n) is 9.56. The van der Waals surface area contributed by atoms with E-state index in [1.807, 2.05) is 13.0 Å². The van der Waals surface area contributed by atoms with Crippen LogP contribution < -0.4 is 5.32 Å². The number of nitrogens with zero attached hydrogens (tertiary/aromatic N) is 1. The van der Waals surface area contributed by atoms with Crippen molar-refractivity contribution >= 4 is 11.3 Å². The fraction of sp³-hybridized carbons (Fsp3) is 0.417. The van der Waals surface area contributed by atoms with Crippen molar-refractivity contribution in [3.05, 3.63) is 40.2 Å². The Kier molecular flexibility index (Phi) is 3.74. The van der Waals surface area contributed by atoms with Crippen LogP contribution in [0.25, 0.3) is 0 Å².